The van der Waals surface area contributed by atoms with Gasteiger partial charge in [-0.3, -0.25) is 4.98 Å². The molecule has 21 heavy (non-hydrogen) atoms. The van der Waals surface area contributed by atoms with Crippen molar-refractivity contribution < 1.29 is 4.74 Å². The number of fused-ring (bicyclic) bond motifs is 1. The van der Waals surface area contributed by atoms with Gasteiger partial charge >= 0.3 is 0 Å². The molecule has 1 fully saturated rings. The molecule has 3 N–H and O–H groups in total. The van der Waals surface area contributed by atoms with Gasteiger partial charge in [0.2, 0.25) is 0 Å². The number of hydrogen-bond donors (Lipinski definition) is 2. The lowest BCUT2D eigenvalue weighted by Gasteiger charge is -2.11. The van der Waals surface area contributed by atoms with Crippen LogP contribution in [0.15, 0.2) is 41.5 Å². The predicted molar refractivity (Wildman–Crippen MR) is 84.0 cm³/mol. The van der Waals surface area contributed by atoms with Gasteiger partial charge in [-0.15, -0.1) is 0 Å². The van der Waals surface area contributed by atoms with Crippen LogP contribution in [0.25, 0.3) is 10.9 Å². The molecule has 1 atom stereocenters. The number of benzene rings is 1. The van der Waals surface area contributed by atoms with Gasteiger partial charge in [-0.2, -0.15) is 0 Å². The maximum Gasteiger partial charge on any atom is 0.189 e. The van der Waals surface area contributed by atoms with Gasteiger partial charge in [0.05, 0.1) is 18.2 Å². The Morgan fingerprint density at radius 3 is 3.14 bits per heavy atom. The summed E-state index contributed by atoms with van der Waals surface area (Å²) in [7, 11) is 0. The van der Waals surface area contributed by atoms with Gasteiger partial charge in [0.1, 0.15) is 0 Å². The van der Waals surface area contributed by atoms with E-state index in [1.165, 1.54) is 0 Å². The monoisotopic (exact) mass is 284 g/mol. The van der Waals surface area contributed by atoms with Crippen LogP contribution in [-0.2, 0) is 11.3 Å². The van der Waals surface area contributed by atoms with Gasteiger partial charge in [0.15, 0.2) is 5.96 Å². The van der Waals surface area contributed by atoms with E-state index in [-0.39, 0.29) is 6.10 Å². The zero-order chi connectivity index (χ0) is 14.5. The topological polar surface area (TPSA) is 72.5 Å². The first-order valence-corrected chi connectivity index (χ1v) is 7.31. The van der Waals surface area contributed by atoms with Crippen molar-refractivity contribution >= 4 is 16.9 Å². The summed E-state index contributed by atoms with van der Waals surface area (Å²) in [4.78, 5) is 8.81. The van der Waals surface area contributed by atoms with E-state index in [4.69, 9.17) is 10.5 Å². The number of nitrogens with zero attached hydrogens (tertiary/aromatic N) is 2. The zero-order valence-electron chi connectivity index (χ0n) is 12.0. The zero-order valence-corrected chi connectivity index (χ0v) is 12.0. The molecule has 1 aromatic carbocycles. The molecular formula is C16H20N4O. The van der Waals surface area contributed by atoms with Crippen LogP contribution in [0.4, 0.5) is 0 Å². The maximum absolute atomic E-state index is 5.91. The Morgan fingerprint density at radius 1 is 1.38 bits per heavy atom. The third-order valence-electron chi connectivity index (χ3n) is 3.67. The Balaban J connectivity index is 1.63. The fourth-order valence-electron chi connectivity index (χ4n) is 2.54. The molecule has 5 nitrogen and oxygen atoms in total. The summed E-state index contributed by atoms with van der Waals surface area (Å²) in [6.07, 6.45) is 4.28. The summed E-state index contributed by atoms with van der Waals surface area (Å²) < 4.78 is 5.54. The van der Waals surface area contributed by atoms with Crippen LogP contribution in [0.2, 0.25) is 0 Å². The molecule has 0 bridgehead atoms. The van der Waals surface area contributed by atoms with Gasteiger partial charge in [-0.1, -0.05) is 24.3 Å². The molecule has 0 aliphatic carbocycles. The molecule has 5 heteroatoms. The van der Waals surface area contributed by atoms with E-state index < -0.39 is 0 Å². The van der Waals surface area contributed by atoms with Gasteiger partial charge < -0.3 is 15.8 Å². The number of pyridine rings is 1. The number of nitrogens with one attached hydrogen (secondary N) is 1. The molecule has 110 valence electrons. The fraction of sp³-hybridized carbons (Fsp3) is 0.375. The highest BCUT2D eigenvalue weighted by Crippen LogP contribution is 2.16. The summed E-state index contributed by atoms with van der Waals surface area (Å²) >= 11 is 0. The minimum atomic E-state index is 0.262. The van der Waals surface area contributed by atoms with Crippen molar-refractivity contribution in [1.29, 1.82) is 0 Å². The molecule has 3 rings (SSSR count). The van der Waals surface area contributed by atoms with E-state index in [0.29, 0.717) is 12.5 Å². The van der Waals surface area contributed by atoms with E-state index in [2.05, 4.69) is 27.4 Å². The average molecular weight is 284 g/mol. The van der Waals surface area contributed by atoms with Crippen LogP contribution in [-0.4, -0.2) is 30.2 Å². The van der Waals surface area contributed by atoms with Crippen molar-refractivity contribution in [2.75, 3.05) is 13.2 Å². The lowest BCUT2D eigenvalue weighted by atomic mass is 10.1. The first-order chi connectivity index (χ1) is 10.3. The number of aliphatic imine (C=N–C) groups is 1. The van der Waals surface area contributed by atoms with Gasteiger partial charge in [-0.05, 0) is 24.5 Å². The Bertz CT molecular complexity index is 630. The average Bonchev–Trinajstić information content (AvgIpc) is 3.04. The van der Waals surface area contributed by atoms with Crippen molar-refractivity contribution in [1.82, 2.24) is 10.3 Å². The van der Waals surface area contributed by atoms with Crippen LogP contribution >= 0.6 is 0 Å². The van der Waals surface area contributed by atoms with Crippen molar-refractivity contribution in [3.63, 3.8) is 0 Å². The van der Waals surface area contributed by atoms with E-state index in [1.54, 1.807) is 6.20 Å². The van der Waals surface area contributed by atoms with Gasteiger partial charge in [0.25, 0.3) is 0 Å². The Morgan fingerprint density at radius 2 is 2.29 bits per heavy atom. The fourth-order valence-corrected chi connectivity index (χ4v) is 2.54. The Labute approximate surface area is 124 Å². The quantitative estimate of drug-likeness (QED) is 0.663. The molecule has 1 saturated heterocycles. The number of guanidine groups is 1. The summed E-state index contributed by atoms with van der Waals surface area (Å²) in [5.41, 5.74) is 7.97. The molecule has 2 aromatic rings. The van der Waals surface area contributed by atoms with Crippen LogP contribution in [0, 0.1) is 0 Å². The van der Waals surface area contributed by atoms with Crippen molar-refractivity contribution in [3.05, 3.63) is 42.1 Å². The molecule has 0 saturated carbocycles. The standard InChI is InChI=1S/C16H20N4O/c17-16(20-11-14-7-3-9-21-14)19-10-13-5-1-4-12-6-2-8-18-15(12)13/h1-2,4-6,8,14H,3,7,9-11H2,(H3,17,19,20). The normalized spacial score (nSPS) is 19.0. The second-order valence-corrected chi connectivity index (χ2v) is 5.21. The molecular weight excluding hydrogens is 264 g/mol. The van der Waals surface area contributed by atoms with Gasteiger partial charge in [-0.25, -0.2) is 4.99 Å². The van der Waals surface area contributed by atoms with Crippen molar-refractivity contribution in [3.8, 4) is 0 Å². The number of hydrogen-bond acceptors (Lipinski definition) is 3. The van der Waals surface area contributed by atoms with Crippen LogP contribution in [0.5, 0.6) is 0 Å². The van der Waals surface area contributed by atoms with E-state index in [1.807, 2.05) is 18.2 Å². The summed E-state index contributed by atoms with van der Waals surface area (Å²) in [5.74, 6) is 0.457. The minimum Gasteiger partial charge on any atom is -0.376 e. The van der Waals surface area contributed by atoms with E-state index in [9.17, 15) is 0 Å². The lowest BCUT2D eigenvalue weighted by Crippen LogP contribution is -2.37. The smallest absolute Gasteiger partial charge is 0.189 e. The van der Waals surface area contributed by atoms with Crippen molar-refractivity contribution in [2.24, 2.45) is 10.7 Å². The molecule has 2 heterocycles. The second-order valence-electron chi connectivity index (χ2n) is 5.21. The molecule has 0 amide bonds. The number of rotatable bonds is 4. The molecule has 0 radical (unpaired) electrons. The molecule has 1 unspecified atom stereocenters. The summed E-state index contributed by atoms with van der Waals surface area (Å²) in [6, 6.07) is 10.1. The Kier molecular flexibility index (Phi) is 4.31. The summed E-state index contributed by atoms with van der Waals surface area (Å²) in [5, 5.41) is 4.25. The number of aromatic nitrogens is 1. The highest BCUT2D eigenvalue weighted by molar-refractivity contribution is 5.82. The molecule has 0 spiro atoms. The van der Waals surface area contributed by atoms with Crippen LogP contribution in [0.3, 0.4) is 0 Å². The van der Waals surface area contributed by atoms with Crippen LogP contribution in [0.1, 0.15) is 18.4 Å². The van der Waals surface area contributed by atoms with E-state index >= 15 is 0 Å². The highest BCUT2D eigenvalue weighted by atomic mass is 16.5. The number of ether oxygens (including phenoxy) is 1. The van der Waals surface area contributed by atoms with Gasteiger partial charge in [0, 0.05) is 24.7 Å². The summed E-state index contributed by atoms with van der Waals surface area (Å²) in [6.45, 7) is 2.10. The molecule has 1 aromatic heterocycles. The van der Waals surface area contributed by atoms with Crippen LogP contribution < -0.4 is 11.1 Å². The lowest BCUT2D eigenvalue weighted by molar-refractivity contribution is 0.114. The maximum atomic E-state index is 5.91. The van der Waals surface area contributed by atoms with E-state index in [0.717, 1.165) is 42.5 Å². The largest absolute Gasteiger partial charge is 0.376 e. The minimum absolute atomic E-state index is 0.262. The highest BCUT2D eigenvalue weighted by Gasteiger charge is 2.14. The Hall–Kier alpha value is -2.14. The predicted octanol–water partition coefficient (Wildman–Crippen LogP) is 1.82. The number of para-hydroxylation sites is 1. The third kappa shape index (κ3) is 3.49. The first kappa shape index (κ1) is 13.8. The third-order valence-corrected chi connectivity index (χ3v) is 3.67. The molecule has 1 aliphatic rings. The number of nitrogens with two attached hydrogens (primary N) is 1. The van der Waals surface area contributed by atoms with Crippen molar-refractivity contribution in [2.45, 2.75) is 25.5 Å². The second kappa shape index (κ2) is 6.54. The molecule has 1 aliphatic heterocycles. The SMILES string of the molecule is NC(=NCc1cccc2cccnc12)NCC1CCCO1. The first-order valence-electron chi connectivity index (χ1n) is 7.31.